The van der Waals surface area contributed by atoms with Gasteiger partial charge in [0.15, 0.2) is 9.84 Å². The van der Waals surface area contributed by atoms with Gasteiger partial charge in [-0.05, 0) is 54.6 Å². The molecule has 182 valence electrons. The number of sulfone groups is 1. The van der Waals surface area contributed by atoms with Crippen molar-refractivity contribution in [1.82, 2.24) is 9.80 Å². The monoisotopic (exact) mass is 486 g/mol. The molecule has 3 aliphatic rings. The van der Waals surface area contributed by atoms with E-state index in [4.69, 9.17) is 0 Å². The molecule has 0 amide bonds. The number of benzene rings is 3. The van der Waals surface area contributed by atoms with E-state index in [-0.39, 0.29) is 11.2 Å². The highest BCUT2D eigenvalue weighted by Crippen LogP contribution is 2.46. The van der Waals surface area contributed by atoms with Crippen molar-refractivity contribution in [3.05, 3.63) is 102 Å². The van der Waals surface area contributed by atoms with Crippen molar-refractivity contribution in [2.24, 2.45) is 5.92 Å². The lowest BCUT2D eigenvalue weighted by Crippen LogP contribution is -2.45. The van der Waals surface area contributed by atoms with Crippen LogP contribution in [0, 0.1) is 5.92 Å². The summed E-state index contributed by atoms with van der Waals surface area (Å²) < 4.78 is 25.7. The van der Waals surface area contributed by atoms with Gasteiger partial charge < -0.3 is 4.90 Å². The lowest BCUT2D eigenvalue weighted by molar-refractivity contribution is 0.146. The second kappa shape index (κ2) is 9.20. The van der Waals surface area contributed by atoms with Crippen molar-refractivity contribution in [3.8, 4) is 0 Å². The number of hydrogen-bond donors (Lipinski definition) is 0. The molecule has 0 bridgehead atoms. The molecule has 2 saturated heterocycles. The normalized spacial score (nSPS) is 25.6. The third kappa shape index (κ3) is 4.46. The average Bonchev–Trinajstić information content (AvgIpc) is 3.37. The highest BCUT2D eigenvalue weighted by molar-refractivity contribution is 7.91. The summed E-state index contributed by atoms with van der Waals surface area (Å²) in [5.41, 5.74) is 3.69. The summed E-state index contributed by atoms with van der Waals surface area (Å²) in [6.45, 7) is 6.22. The first-order chi connectivity index (χ1) is 17.0. The molecular weight excluding hydrogens is 452 g/mol. The minimum Gasteiger partial charge on any atom is -0.303 e. The molecule has 3 heterocycles. The number of hydrogen-bond acceptors (Lipinski definition) is 4. The SMILES string of the molecule is O=S1(=O)CC2(CCN(CC3CN(Cc4ccccc4)CC3c3ccccc3)CC2)c2ccccc21. The van der Waals surface area contributed by atoms with E-state index >= 15 is 0 Å². The first-order valence-electron chi connectivity index (χ1n) is 12.9. The van der Waals surface area contributed by atoms with Crippen molar-refractivity contribution in [1.29, 1.82) is 0 Å². The molecule has 5 heteroatoms. The predicted octanol–water partition coefficient (Wildman–Crippen LogP) is 4.72. The van der Waals surface area contributed by atoms with Crippen molar-refractivity contribution in [3.63, 3.8) is 0 Å². The molecule has 2 unspecified atom stereocenters. The number of likely N-dealkylation sites (tertiary alicyclic amines) is 2. The molecule has 0 aromatic heterocycles. The Bertz CT molecular complexity index is 1270. The fourth-order valence-corrected chi connectivity index (χ4v) is 9.03. The summed E-state index contributed by atoms with van der Waals surface area (Å²) in [5, 5.41) is 0. The highest BCUT2D eigenvalue weighted by Gasteiger charge is 2.48. The van der Waals surface area contributed by atoms with Crippen molar-refractivity contribution in [2.75, 3.05) is 38.5 Å². The maximum Gasteiger partial charge on any atom is 0.179 e. The van der Waals surface area contributed by atoms with Crippen LogP contribution in [-0.4, -0.2) is 56.7 Å². The quantitative estimate of drug-likeness (QED) is 0.523. The molecule has 3 aliphatic heterocycles. The third-order valence-corrected chi connectivity index (χ3v) is 10.5. The van der Waals surface area contributed by atoms with Gasteiger partial charge in [-0.1, -0.05) is 78.9 Å². The van der Waals surface area contributed by atoms with Crippen molar-refractivity contribution in [2.45, 2.75) is 35.6 Å². The largest absolute Gasteiger partial charge is 0.303 e. The Morgan fingerprint density at radius 3 is 2.17 bits per heavy atom. The lowest BCUT2D eigenvalue weighted by Gasteiger charge is -2.40. The number of nitrogens with zero attached hydrogens (tertiary/aromatic N) is 2. The van der Waals surface area contributed by atoms with Gasteiger partial charge in [0.05, 0.1) is 10.6 Å². The zero-order valence-electron chi connectivity index (χ0n) is 20.2. The standard InChI is InChI=1S/C30H34N2O2S/c33-35(34)23-30(28-13-7-8-14-29(28)35)15-17-31(18-16-30)20-26-21-32(19-24-9-3-1-4-10-24)22-27(26)25-11-5-2-6-12-25/h1-14,26-27H,15-23H2. The Morgan fingerprint density at radius 1 is 0.771 bits per heavy atom. The van der Waals surface area contributed by atoms with Gasteiger partial charge in [0.1, 0.15) is 0 Å². The Balaban J connectivity index is 1.16. The van der Waals surface area contributed by atoms with Gasteiger partial charge in [-0.15, -0.1) is 0 Å². The molecule has 3 aromatic rings. The van der Waals surface area contributed by atoms with Gasteiger partial charge >= 0.3 is 0 Å². The molecular formula is C30H34N2O2S. The number of fused-ring (bicyclic) bond motifs is 2. The first kappa shape index (κ1) is 23.0. The molecule has 4 nitrogen and oxygen atoms in total. The second-order valence-electron chi connectivity index (χ2n) is 10.8. The van der Waals surface area contributed by atoms with E-state index in [0.717, 1.165) is 57.7 Å². The van der Waals surface area contributed by atoms with E-state index in [9.17, 15) is 8.42 Å². The maximum atomic E-state index is 12.9. The minimum atomic E-state index is -3.16. The van der Waals surface area contributed by atoms with E-state index in [1.807, 2.05) is 12.1 Å². The predicted molar refractivity (Wildman–Crippen MR) is 140 cm³/mol. The Kier molecular flexibility index (Phi) is 6.03. The summed E-state index contributed by atoms with van der Waals surface area (Å²) in [5.74, 6) is 1.40. The summed E-state index contributed by atoms with van der Waals surface area (Å²) in [4.78, 5) is 5.79. The summed E-state index contributed by atoms with van der Waals surface area (Å²) in [6.07, 6.45) is 1.86. The molecule has 35 heavy (non-hydrogen) atoms. The Hall–Kier alpha value is -2.47. The average molecular weight is 487 g/mol. The highest BCUT2D eigenvalue weighted by atomic mass is 32.2. The van der Waals surface area contributed by atoms with Crippen LogP contribution in [0.5, 0.6) is 0 Å². The van der Waals surface area contributed by atoms with Crippen LogP contribution >= 0.6 is 0 Å². The van der Waals surface area contributed by atoms with Crippen molar-refractivity contribution < 1.29 is 8.42 Å². The van der Waals surface area contributed by atoms with Gasteiger partial charge in [-0.3, -0.25) is 4.90 Å². The van der Waals surface area contributed by atoms with Gasteiger partial charge in [0, 0.05) is 37.5 Å². The van der Waals surface area contributed by atoms with Crippen LogP contribution < -0.4 is 0 Å². The number of rotatable bonds is 5. The van der Waals surface area contributed by atoms with Crippen LogP contribution in [0.4, 0.5) is 0 Å². The smallest absolute Gasteiger partial charge is 0.179 e. The van der Waals surface area contributed by atoms with Crippen molar-refractivity contribution >= 4 is 9.84 Å². The van der Waals surface area contributed by atoms with Crippen LogP contribution in [0.1, 0.15) is 35.4 Å². The van der Waals surface area contributed by atoms with E-state index in [1.54, 1.807) is 6.07 Å². The maximum absolute atomic E-state index is 12.9. The van der Waals surface area contributed by atoms with E-state index in [2.05, 4.69) is 76.5 Å². The molecule has 2 atom stereocenters. The second-order valence-corrected chi connectivity index (χ2v) is 12.8. The molecule has 1 spiro atoms. The van der Waals surface area contributed by atoms with Crippen LogP contribution in [0.3, 0.4) is 0 Å². The summed E-state index contributed by atoms with van der Waals surface area (Å²) in [7, 11) is -3.16. The van der Waals surface area contributed by atoms with Gasteiger partial charge in [0.25, 0.3) is 0 Å². The summed E-state index contributed by atoms with van der Waals surface area (Å²) in [6, 6.07) is 29.5. The van der Waals surface area contributed by atoms with Crippen LogP contribution in [0.2, 0.25) is 0 Å². The molecule has 0 aliphatic carbocycles. The van der Waals surface area contributed by atoms with E-state index in [0.29, 0.717) is 16.7 Å². The Labute approximate surface area is 209 Å². The molecule has 3 aromatic carbocycles. The van der Waals surface area contributed by atoms with E-state index < -0.39 is 9.84 Å². The van der Waals surface area contributed by atoms with Gasteiger partial charge in [0.2, 0.25) is 0 Å². The topological polar surface area (TPSA) is 40.6 Å². The van der Waals surface area contributed by atoms with Gasteiger partial charge in [-0.25, -0.2) is 8.42 Å². The van der Waals surface area contributed by atoms with Crippen LogP contribution in [0.15, 0.2) is 89.8 Å². The molecule has 0 saturated carbocycles. The minimum absolute atomic E-state index is 0.195. The van der Waals surface area contributed by atoms with Crippen LogP contribution in [0.25, 0.3) is 0 Å². The zero-order valence-corrected chi connectivity index (χ0v) is 21.0. The Morgan fingerprint density at radius 2 is 1.43 bits per heavy atom. The summed E-state index contributed by atoms with van der Waals surface area (Å²) >= 11 is 0. The fraction of sp³-hybridized carbons (Fsp3) is 0.400. The third-order valence-electron chi connectivity index (χ3n) is 8.56. The van der Waals surface area contributed by atoms with E-state index in [1.165, 1.54) is 11.1 Å². The van der Waals surface area contributed by atoms with Crippen LogP contribution in [-0.2, 0) is 21.8 Å². The molecule has 2 fully saturated rings. The lowest BCUT2D eigenvalue weighted by atomic mass is 9.74. The zero-order chi connectivity index (χ0) is 23.9. The molecule has 6 rings (SSSR count). The molecule has 0 radical (unpaired) electrons. The van der Waals surface area contributed by atoms with Gasteiger partial charge in [-0.2, -0.15) is 0 Å². The fourth-order valence-electron chi connectivity index (χ4n) is 6.80. The molecule has 0 N–H and O–H groups in total. The number of piperidine rings is 1. The first-order valence-corrected chi connectivity index (χ1v) is 14.5.